The zero-order chi connectivity index (χ0) is 24.6. The Labute approximate surface area is 203 Å². The first-order valence-corrected chi connectivity index (χ1v) is 13.7. The summed E-state index contributed by atoms with van der Waals surface area (Å²) in [6, 6.07) is 8.05. The second-order valence-electron chi connectivity index (χ2n) is 9.51. The molecule has 0 atom stereocenters. The van der Waals surface area contributed by atoms with Gasteiger partial charge in [-0.1, -0.05) is 17.3 Å². The van der Waals surface area contributed by atoms with Gasteiger partial charge < -0.3 is 9.84 Å². The lowest BCUT2D eigenvalue weighted by Gasteiger charge is -2.29. The van der Waals surface area contributed by atoms with E-state index in [4.69, 9.17) is 4.52 Å². The topological polar surface area (TPSA) is 139 Å². The summed E-state index contributed by atoms with van der Waals surface area (Å²) < 4.78 is 33.1. The molecule has 0 unspecified atom stereocenters. The number of amides is 3. The van der Waals surface area contributed by atoms with Crippen LogP contribution in [0.4, 0.5) is 0 Å². The molecule has 1 aromatic heterocycles. The molecule has 2 N–H and O–H groups in total. The first-order chi connectivity index (χ1) is 16.8. The summed E-state index contributed by atoms with van der Waals surface area (Å²) in [5, 5.41) is 6.82. The minimum Gasteiger partial charge on any atom is -0.360 e. The van der Waals surface area contributed by atoms with E-state index in [0.29, 0.717) is 42.7 Å². The highest BCUT2D eigenvalue weighted by Crippen LogP contribution is 2.40. The third-order valence-corrected chi connectivity index (χ3v) is 8.34. The second-order valence-corrected chi connectivity index (χ2v) is 11.4. The van der Waals surface area contributed by atoms with Gasteiger partial charge in [0.1, 0.15) is 5.76 Å². The number of fused-ring (bicyclic) bond motifs is 1. The summed E-state index contributed by atoms with van der Waals surface area (Å²) >= 11 is 0. The van der Waals surface area contributed by atoms with Crippen LogP contribution in [0.5, 0.6) is 0 Å². The summed E-state index contributed by atoms with van der Waals surface area (Å²) in [5.74, 6) is -0.0577. The lowest BCUT2D eigenvalue weighted by molar-refractivity contribution is 0.0654. The van der Waals surface area contributed by atoms with E-state index in [1.54, 1.807) is 30.3 Å². The Morgan fingerprint density at radius 2 is 1.63 bits per heavy atom. The molecule has 2 saturated carbocycles. The van der Waals surface area contributed by atoms with Crippen LogP contribution in [0.1, 0.15) is 87.8 Å². The fourth-order valence-electron chi connectivity index (χ4n) is 4.74. The molecule has 0 radical (unpaired) electrons. The van der Waals surface area contributed by atoms with E-state index in [1.807, 2.05) is 0 Å². The summed E-state index contributed by atoms with van der Waals surface area (Å²) in [6.45, 7) is 0.0521. The van der Waals surface area contributed by atoms with Gasteiger partial charge in [0.25, 0.3) is 17.7 Å². The van der Waals surface area contributed by atoms with Crippen LogP contribution in [0.15, 0.2) is 34.9 Å². The van der Waals surface area contributed by atoms with Crippen molar-refractivity contribution in [3.63, 3.8) is 0 Å². The summed E-state index contributed by atoms with van der Waals surface area (Å²) in [7, 11) is -3.57. The number of rotatable bonds is 9. The molecule has 0 spiro atoms. The lowest BCUT2D eigenvalue weighted by atomic mass is 9.92. The first kappa shape index (κ1) is 23.7. The standard InChI is InChI=1S/C24H28N4O6S/c29-22(20-14-21(34-26-20)15-6-7-15)25-16-8-10-17(11-9-16)27-35(32,33)13-3-12-28-23(30)18-4-1-2-5-19(18)24(28)31/h1-2,4-5,14-17,27H,3,6-13H2,(H,25,29). The van der Waals surface area contributed by atoms with E-state index in [9.17, 15) is 22.8 Å². The molecule has 2 aromatic rings. The molecule has 0 bridgehead atoms. The van der Waals surface area contributed by atoms with Crippen LogP contribution in [0, 0.1) is 0 Å². The van der Waals surface area contributed by atoms with Gasteiger partial charge in [-0.15, -0.1) is 0 Å². The van der Waals surface area contributed by atoms with Crippen molar-refractivity contribution in [2.45, 2.75) is 62.9 Å². The number of imide groups is 1. The molecule has 35 heavy (non-hydrogen) atoms. The van der Waals surface area contributed by atoms with Crippen molar-refractivity contribution in [3.05, 3.63) is 52.9 Å². The van der Waals surface area contributed by atoms with Gasteiger partial charge >= 0.3 is 0 Å². The minimum atomic E-state index is -3.57. The largest absolute Gasteiger partial charge is 0.360 e. The fourth-order valence-corrected chi connectivity index (χ4v) is 6.11. The number of aromatic nitrogens is 1. The number of carbonyl (C=O) groups is 3. The number of nitrogens with one attached hydrogen (secondary N) is 2. The Hall–Kier alpha value is -3.05. The van der Waals surface area contributed by atoms with Crippen molar-refractivity contribution in [2.24, 2.45) is 0 Å². The number of nitrogens with zero attached hydrogens (tertiary/aromatic N) is 2. The number of hydrogen-bond donors (Lipinski definition) is 2. The Morgan fingerprint density at radius 3 is 2.26 bits per heavy atom. The maximum absolute atomic E-state index is 12.6. The van der Waals surface area contributed by atoms with Crippen LogP contribution in [0.2, 0.25) is 0 Å². The Bertz CT molecular complexity index is 1210. The molecule has 2 aliphatic carbocycles. The average Bonchev–Trinajstić information content (AvgIpc) is 3.52. The highest BCUT2D eigenvalue weighted by molar-refractivity contribution is 7.89. The van der Waals surface area contributed by atoms with Gasteiger partial charge in [-0.05, 0) is 57.1 Å². The molecule has 3 amide bonds. The van der Waals surface area contributed by atoms with Crippen molar-refractivity contribution in [1.29, 1.82) is 0 Å². The molecule has 11 heteroatoms. The van der Waals surface area contributed by atoms with Crippen LogP contribution in [0.25, 0.3) is 0 Å². The van der Waals surface area contributed by atoms with Gasteiger partial charge in [0.15, 0.2) is 5.69 Å². The number of benzene rings is 1. The van der Waals surface area contributed by atoms with E-state index in [-0.39, 0.29) is 54.2 Å². The van der Waals surface area contributed by atoms with Crippen molar-refractivity contribution in [3.8, 4) is 0 Å². The monoisotopic (exact) mass is 500 g/mol. The van der Waals surface area contributed by atoms with E-state index in [2.05, 4.69) is 15.2 Å². The van der Waals surface area contributed by atoms with Gasteiger partial charge in [-0.25, -0.2) is 13.1 Å². The fraction of sp³-hybridized carbons (Fsp3) is 0.500. The highest BCUT2D eigenvalue weighted by Gasteiger charge is 2.35. The molecule has 1 aliphatic heterocycles. The lowest BCUT2D eigenvalue weighted by Crippen LogP contribution is -2.44. The van der Waals surface area contributed by atoms with E-state index in [0.717, 1.165) is 23.5 Å². The third kappa shape index (κ3) is 5.30. The molecular weight excluding hydrogens is 472 g/mol. The molecule has 10 nitrogen and oxygen atoms in total. The molecular formula is C24H28N4O6S. The van der Waals surface area contributed by atoms with Gasteiger partial charge in [-0.3, -0.25) is 19.3 Å². The first-order valence-electron chi connectivity index (χ1n) is 12.0. The number of carbonyl (C=O) groups excluding carboxylic acids is 3. The molecule has 186 valence electrons. The number of hydrogen-bond acceptors (Lipinski definition) is 7. The minimum absolute atomic E-state index is 0.0434. The summed E-state index contributed by atoms with van der Waals surface area (Å²) in [6.07, 6.45) is 4.82. The predicted molar refractivity (Wildman–Crippen MR) is 125 cm³/mol. The SMILES string of the molecule is O=C(NC1CCC(NS(=O)(=O)CCCN2C(=O)c3ccccc3C2=O)CC1)c1cc(C2CC2)on1. The van der Waals surface area contributed by atoms with Gasteiger partial charge in [0, 0.05) is 30.6 Å². The van der Waals surface area contributed by atoms with Crippen LogP contribution < -0.4 is 10.0 Å². The molecule has 2 fully saturated rings. The highest BCUT2D eigenvalue weighted by atomic mass is 32.2. The van der Waals surface area contributed by atoms with Gasteiger partial charge in [0.2, 0.25) is 10.0 Å². The maximum Gasteiger partial charge on any atom is 0.273 e. The van der Waals surface area contributed by atoms with E-state index in [1.165, 1.54) is 0 Å². The van der Waals surface area contributed by atoms with Crippen LogP contribution in [0.3, 0.4) is 0 Å². The smallest absolute Gasteiger partial charge is 0.273 e. The Balaban J connectivity index is 1.04. The zero-order valence-electron chi connectivity index (χ0n) is 19.2. The number of sulfonamides is 1. The van der Waals surface area contributed by atoms with E-state index < -0.39 is 10.0 Å². The third-order valence-electron chi connectivity index (χ3n) is 6.82. The van der Waals surface area contributed by atoms with Gasteiger partial charge in [-0.2, -0.15) is 0 Å². The zero-order valence-corrected chi connectivity index (χ0v) is 20.1. The van der Waals surface area contributed by atoms with Crippen molar-refractivity contribution < 1.29 is 27.3 Å². The second kappa shape index (κ2) is 9.54. The van der Waals surface area contributed by atoms with Crippen molar-refractivity contribution >= 4 is 27.7 Å². The summed E-state index contributed by atoms with van der Waals surface area (Å²) in [5.41, 5.74) is 0.997. The average molecular weight is 501 g/mol. The molecule has 0 saturated heterocycles. The maximum atomic E-state index is 12.6. The Kier molecular flexibility index (Phi) is 6.45. The summed E-state index contributed by atoms with van der Waals surface area (Å²) in [4.78, 5) is 38.4. The Morgan fingerprint density at radius 1 is 1.00 bits per heavy atom. The predicted octanol–water partition coefficient (Wildman–Crippen LogP) is 2.20. The van der Waals surface area contributed by atoms with Crippen LogP contribution in [-0.2, 0) is 10.0 Å². The normalized spacial score (nSPS) is 22.3. The molecule has 5 rings (SSSR count). The van der Waals surface area contributed by atoms with Crippen LogP contribution in [-0.4, -0.2) is 60.6 Å². The van der Waals surface area contributed by atoms with Crippen LogP contribution >= 0.6 is 0 Å². The molecule has 3 aliphatic rings. The molecule has 2 heterocycles. The van der Waals surface area contributed by atoms with Crippen molar-refractivity contribution in [1.82, 2.24) is 20.1 Å². The quantitative estimate of drug-likeness (QED) is 0.503. The van der Waals surface area contributed by atoms with E-state index >= 15 is 0 Å². The molecule has 1 aromatic carbocycles. The van der Waals surface area contributed by atoms with Gasteiger partial charge in [0.05, 0.1) is 16.9 Å². The van der Waals surface area contributed by atoms with Crippen molar-refractivity contribution in [2.75, 3.05) is 12.3 Å².